The predicted octanol–water partition coefficient (Wildman–Crippen LogP) is 3.12. The molecule has 1 aliphatic heterocycles. The summed E-state index contributed by atoms with van der Waals surface area (Å²) in [5.41, 5.74) is 8.45. The molecule has 0 saturated heterocycles. The molecule has 0 unspecified atom stereocenters. The fourth-order valence-corrected chi connectivity index (χ4v) is 6.33. The molecule has 0 aromatic heterocycles. The summed E-state index contributed by atoms with van der Waals surface area (Å²) in [6, 6.07) is 0.146. The van der Waals surface area contributed by atoms with E-state index >= 15 is 0 Å². The second-order valence-electron chi connectivity index (χ2n) is 11.2. The van der Waals surface area contributed by atoms with Crippen molar-refractivity contribution in [1.29, 1.82) is 5.41 Å². The summed E-state index contributed by atoms with van der Waals surface area (Å²) < 4.78 is 40.0. The van der Waals surface area contributed by atoms with Crippen LogP contribution in [0.4, 0.5) is 0 Å². The highest BCUT2D eigenvalue weighted by atomic mass is 32.2. The summed E-state index contributed by atoms with van der Waals surface area (Å²) in [5, 5.41) is 10.8. The Labute approximate surface area is 211 Å². The first-order valence-corrected chi connectivity index (χ1v) is 17.2. The topological polar surface area (TPSA) is 144 Å². The van der Waals surface area contributed by atoms with Crippen LogP contribution in [0, 0.1) is 26.2 Å². The lowest BCUT2D eigenvalue weighted by Gasteiger charge is -2.19. The molecule has 9 nitrogen and oxygen atoms in total. The van der Waals surface area contributed by atoms with Crippen LogP contribution in [0.15, 0.2) is 4.90 Å². The van der Waals surface area contributed by atoms with Gasteiger partial charge in [0.05, 0.1) is 11.5 Å². The minimum atomic E-state index is -3.98. The van der Waals surface area contributed by atoms with Crippen LogP contribution in [-0.4, -0.2) is 53.2 Å². The Balaban J connectivity index is 1.92. The molecule has 1 aromatic carbocycles. The number of hydrogen-bond acceptors (Lipinski definition) is 7. The fourth-order valence-electron chi connectivity index (χ4n) is 4.09. The highest BCUT2D eigenvalue weighted by molar-refractivity contribution is 7.90. The lowest BCUT2D eigenvalue weighted by molar-refractivity contribution is -0.144. The van der Waals surface area contributed by atoms with E-state index in [1.807, 2.05) is 20.8 Å². The molecule has 0 saturated carbocycles. The van der Waals surface area contributed by atoms with Gasteiger partial charge in [-0.15, -0.1) is 0 Å². The maximum atomic E-state index is 13.2. The molecular weight excluding hydrogens is 484 g/mol. The Morgan fingerprint density at radius 2 is 1.83 bits per heavy atom. The van der Waals surface area contributed by atoms with E-state index in [9.17, 15) is 13.2 Å². The number of rotatable bonds is 10. The number of hydrogen-bond donors (Lipinski definition) is 4. The van der Waals surface area contributed by atoms with Gasteiger partial charge in [-0.3, -0.25) is 10.2 Å². The van der Waals surface area contributed by atoms with Gasteiger partial charge in [0.25, 0.3) is 10.0 Å². The molecule has 1 aromatic rings. The van der Waals surface area contributed by atoms with Gasteiger partial charge in [-0.25, -0.2) is 13.1 Å². The Kier molecular flexibility index (Phi) is 9.05. The molecule has 11 heteroatoms. The van der Waals surface area contributed by atoms with Crippen LogP contribution in [0.1, 0.15) is 48.9 Å². The van der Waals surface area contributed by atoms with Gasteiger partial charge >= 0.3 is 5.97 Å². The normalized spacial score (nSPS) is 15.7. The number of esters is 1. The van der Waals surface area contributed by atoms with Crippen LogP contribution in [0.2, 0.25) is 25.7 Å². The number of carbonyl (C=O) groups is 1. The standard InChI is InChI=1S/C24H42N4O5SSi/c1-15-16(2)21(17(3)18-14-24(4,5)33-20(15)18)34(30,31)28-23(26)27-11-9-10-19(25)22(29)32-12-13-35(6,7)8/h19H,9-14,25H2,1-8H3,(H3,26,27,28)/t19-/m0/s1. The minimum absolute atomic E-state index is 0.185. The van der Waals surface area contributed by atoms with E-state index in [1.54, 1.807) is 13.8 Å². The molecule has 198 valence electrons. The van der Waals surface area contributed by atoms with Crippen molar-refractivity contribution in [3.8, 4) is 5.75 Å². The number of guanidine groups is 1. The van der Waals surface area contributed by atoms with Gasteiger partial charge in [-0.05, 0) is 70.2 Å². The van der Waals surface area contributed by atoms with Crippen molar-refractivity contribution in [2.45, 2.75) is 96.1 Å². The second-order valence-corrected chi connectivity index (χ2v) is 18.4. The zero-order chi connectivity index (χ0) is 26.8. The first kappa shape index (κ1) is 29.1. The molecule has 0 radical (unpaired) electrons. The molecule has 0 spiro atoms. The lowest BCUT2D eigenvalue weighted by atomic mass is 9.94. The number of nitrogens with two attached hydrogens (primary N) is 1. The molecule has 5 N–H and O–H groups in total. The van der Waals surface area contributed by atoms with Crippen LogP contribution < -0.4 is 20.5 Å². The van der Waals surface area contributed by atoms with Crippen molar-refractivity contribution in [3.05, 3.63) is 22.3 Å². The molecule has 0 aliphatic carbocycles. The average Bonchev–Trinajstić information content (AvgIpc) is 3.03. The largest absolute Gasteiger partial charge is 0.487 e. The fraction of sp³-hybridized carbons (Fsp3) is 0.667. The summed E-state index contributed by atoms with van der Waals surface area (Å²) in [7, 11) is -5.26. The molecule has 1 aliphatic rings. The van der Waals surface area contributed by atoms with Gasteiger partial charge in [-0.2, -0.15) is 0 Å². The molecular formula is C24H42N4O5SSi. The molecule has 1 atom stereocenters. The van der Waals surface area contributed by atoms with Crippen molar-refractivity contribution >= 4 is 30.0 Å². The Hall–Kier alpha value is -2.11. The third kappa shape index (κ3) is 7.68. The first-order chi connectivity index (χ1) is 15.9. The van der Waals surface area contributed by atoms with Crippen molar-refractivity contribution in [2.75, 3.05) is 13.2 Å². The number of carbonyl (C=O) groups excluding carboxylic acids is 1. The predicted molar refractivity (Wildman–Crippen MR) is 141 cm³/mol. The van der Waals surface area contributed by atoms with Crippen LogP contribution in [0.25, 0.3) is 0 Å². The third-order valence-corrected chi connectivity index (χ3v) is 9.52. The maximum Gasteiger partial charge on any atom is 0.322 e. The zero-order valence-corrected chi connectivity index (χ0v) is 24.2. The monoisotopic (exact) mass is 526 g/mol. The highest BCUT2D eigenvalue weighted by Crippen LogP contribution is 2.43. The molecule has 0 bridgehead atoms. The summed E-state index contributed by atoms with van der Waals surface area (Å²) in [5.74, 6) is 0.00132. The number of benzene rings is 1. The molecule has 0 fully saturated rings. The quantitative estimate of drug-likeness (QED) is 0.121. The van der Waals surface area contributed by atoms with Crippen molar-refractivity contribution in [2.24, 2.45) is 5.73 Å². The minimum Gasteiger partial charge on any atom is -0.487 e. The summed E-state index contributed by atoms with van der Waals surface area (Å²) >= 11 is 0. The van der Waals surface area contributed by atoms with E-state index in [4.69, 9.17) is 20.6 Å². The zero-order valence-electron chi connectivity index (χ0n) is 22.3. The SMILES string of the molecule is Cc1c(C)c(S(=O)(=O)NC(=N)NCCC[C@H](N)C(=O)OCC[Si](C)(C)C)c(C)c2c1OC(C)(C)C2. The molecule has 2 rings (SSSR count). The number of fused-ring (bicyclic) bond motifs is 1. The van der Waals surface area contributed by atoms with Gasteiger partial charge in [0.1, 0.15) is 17.4 Å². The Bertz CT molecular complexity index is 1080. The first-order valence-electron chi connectivity index (χ1n) is 12.0. The second kappa shape index (κ2) is 10.9. The van der Waals surface area contributed by atoms with Crippen LogP contribution in [0.3, 0.4) is 0 Å². The van der Waals surface area contributed by atoms with Gasteiger partial charge < -0.3 is 20.5 Å². The van der Waals surface area contributed by atoms with Gasteiger partial charge in [-0.1, -0.05) is 19.6 Å². The van der Waals surface area contributed by atoms with Gasteiger partial charge in [0, 0.05) is 26.6 Å². The maximum absolute atomic E-state index is 13.2. The average molecular weight is 527 g/mol. The van der Waals surface area contributed by atoms with Gasteiger partial charge in [0.2, 0.25) is 5.96 Å². The van der Waals surface area contributed by atoms with E-state index in [0.29, 0.717) is 43.5 Å². The number of ether oxygens (including phenoxy) is 2. The summed E-state index contributed by atoms with van der Waals surface area (Å²) in [4.78, 5) is 12.2. The van der Waals surface area contributed by atoms with Gasteiger partial charge in [0.15, 0.2) is 0 Å². The van der Waals surface area contributed by atoms with E-state index in [0.717, 1.165) is 22.9 Å². The van der Waals surface area contributed by atoms with E-state index < -0.39 is 35.7 Å². The molecule has 0 amide bonds. The molecule has 1 heterocycles. The summed E-state index contributed by atoms with van der Waals surface area (Å²) in [6.07, 6.45) is 1.47. The Morgan fingerprint density at radius 1 is 1.20 bits per heavy atom. The highest BCUT2D eigenvalue weighted by Gasteiger charge is 2.36. The smallest absolute Gasteiger partial charge is 0.322 e. The van der Waals surface area contributed by atoms with Crippen LogP contribution in [-0.2, 0) is 26.0 Å². The third-order valence-electron chi connectivity index (χ3n) is 6.19. The van der Waals surface area contributed by atoms with Crippen LogP contribution in [0.5, 0.6) is 5.75 Å². The van der Waals surface area contributed by atoms with Crippen molar-refractivity contribution in [1.82, 2.24) is 10.0 Å². The van der Waals surface area contributed by atoms with Crippen molar-refractivity contribution in [3.63, 3.8) is 0 Å². The van der Waals surface area contributed by atoms with Crippen molar-refractivity contribution < 1.29 is 22.7 Å². The van der Waals surface area contributed by atoms with E-state index in [1.165, 1.54) is 0 Å². The van der Waals surface area contributed by atoms with E-state index in [2.05, 4.69) is 29.7 Å². The Morgan fingerprint density at radius 3 is 2.43 bits per heavy atom. The molecule has 35 heavy (non-hydrogen) atoms. The number of nitrogens with one attached hydrogen (secondary N) is 3. The lowest BCUT2D eigenvalue weighted by Crippen LogP contribution is -2.41. The van der Waals surface area contributed by atoms with E-state index in [-0.39, 0.29) is 10.9 Å². The summed E-state index contributed by atoms with van der Waals surface area (Å²) in [6.45, 7) is 16.7. The van der Waals surface area contributed by atoms with Crippen LogP contribution >= 0.6 is 0 Å². The number of sulfonamides is 1.